The van der Waals surface area contributed by atoms with Gasteiger partial charge in [-0.25, -0.2) is 0 Å². The molecule has 0 spiro atoms. The van der Waals surface area contributed by atoms with Gasteiger partial charge in [0.1, 0.15) is 12.4 Å². The van der Waals surface area contributed by atoms with E-state index in [1.165, 1.54) is 5.56 Å². The SMILES string of the molecule is CC=Cc1ccc(COc2ccc3c(c2)CCC3=O)cc1. The van der Waals surface area contributed by atoms with Crippen molar-refractivity contribution in [2.75, 3.05) is 0 Å². The average Bonchev–Trinajstić information content (AvgIpc) is 2.88. The van der Waals surface area contributed by atoms with Crippen LogP contribution in [0.5, 0.6) is 5.75 Å². The van der Waals surface area contributed by atoms with Crippen molar-refractivity contribution >= 4 is 11.9 Å². The van der Waals surface area contributed by atoms with Crippen molar-refractivity contribution < 1.29 is 9.53 Å². The van der Waals surface area contributed by atoms with Gasteiger partial charge in [-0.1, -0.05) is 36.4 Å². The molecule has 2 nitrogen and oxygen atoms in total. The lowest BCUT2D eigenvalue weighted by atomic mass is 10.1. The number of aryl methyl sites for hydroxylation is 1. The van der Waals surface area contributed by atoms with Crippen LogP contribution in [-0.4, -0.2) is 5.78 Å². The summed E-state index contributed by atoms with van der Waals surface area (Å²) in [5, 5.41) is 0. The van der Waals surface area contributed by atoms with Gasteiger partial charge in [-0.3, -0.25) is 4.79 Å². The number of ketones is 1. The largest absolute Gasteiger partial charge is 0.489 e. The van der Waals surface area contributed by atoms with Gasteiger partial charge in [0.05, 0.1) is 0 Å². The first-order valence-electron chi connectivity index (χ1n) is 7.27. The minimum atomic E-state index is 0.246. The molecular weight excluding hydrogens is 260 g/mol. The Kier molecular flexibility index (Phi) is 3.87. The molecule has 0 atom stereocenters. The molecule has 1 aliphatic rings. The first kappa shape index (κ1) is 13.6. The third kappa shape index (κ3) is 3.05. The van der Waals surface area contributed by atoms with Crippen LogP contribution in [0, 0.1) is 0 Å². The van der Waals surface area contributed by atoms with Crippen molar-refractivity contribution in [3.05, 3.63) is 70.8 Å². The molecule has 0 bridgehead atoms. The zero-order chi connectivity index (χ0) is 14.7. The van der Waals surface area contributed by atoms with Crippen LogP contribution in [0.4, 0.5) is 0 Å². The molecule has 0 aliphatic heterocycles. The van der Waals surface area contributed by atoms with E-state index in [4.69, 9.17) is 4.74 Å². The van der Waals surface area contributed by atoms with E-state index >= 15 is 0 Å². The molecule has 106 valence electrons. The van der Waals surface area contributed by atoms with Gasteiger partial charge in [0, 0.05) is 12.0 Å². The second kappa shape index (κ2) is 5.96. The molecule has 0 saturated heterocycles. The van der Waals surface area contributed by atoms with Crippen LogP contribution in [0.3, 0.4) is 0 Å². The topological polar surface area (TPSA) is 26.3 Å². The summed E-state index contributed by atoms with van der Waals surface area (Å²) < 4.78 is 5.82. The molecule has 0 unspecified atom stereocenters. The molecule has 2 aromatic rings. The van der Waals surface area contributed by atoms with E-state index < -0.39 is 0 Å². The van der Waals surface area contributed by atoms with E-state index in [0.717, 1.165) is 28.9 Å². The summed E-state index contributed by atoms with van der Waals surface area (Å²) in [5.41, 5.74) is 4.30. The Balaban J connectivity index is 1.66. The number of hydrogen-bond donors (Lipinski definition) is 0. The highest BCUT2D eigenvalue weighted by molar-refractivity contribution is 6.00. The van der Waals surface area contributed by atoms with Crippen LogP contribution in [0.1, 0.15) is 40.4 Å². The molecule has 0 heterocycles. The van der Waals surface area contributed by atoms with Crippen LogP contribution in [0.15, 0.2) is 48.5 Å². The number of fused-ring (bicyclic) bond motifs is 1. The Morgan fingerprint density at radius 1 is 1.10 bits per heavy atom. The Hall–Kier alpha value is -2.35. The maximum Gasteiger partial charge on any atom is 0.163 e. The second-order valence-electron chi connectivity index (χ2n) is 5.27. The van der Waals surface area contributed by atoms with Crippen molar-refractivity contribution in [1.29, 1.82) is 0 Å². The lowest BCUT2D eigenvalue weighted by Gasteiger charge is -2.08. The number of ether oxygens (including phenoxy) is 1. The molecule has 21 heavy (non-hydrogen) atoms. The number of carbonyl (C=O) groups excluding carboxylic acids is 1. The van der Waals surface area contributed by atoms with E-state index in [2.05, 4.69) is 30.3 Å². The van der Waals surface area contributed by atoms with E-state index in [1.807, 2.05) is 31.2 Å². The van der Waals surface area contributed by atoms with Crippen LogP contribution in [0.2, 0.25) is 0 Å². The summed E-state index contributed by atoms with van der Waals surface area (Å²) in [6, 6.07) is 14.1. The molecule has 1 aliphatic carbocycles. The standard InChI is InChI=1S/C19H18O2/c1-2-3-14-4-6-15(7-5-14)13-21-17-9-10-18-16(12-17)8-11-19(18)20/h2-7,9-10,12H,8,11,13H2,1H3. The Bertz CT molecular complexity index is 681. The number of carbonyl (C=O) groups is 1. The van der Waals surface area contributed by atoms with Gasteiger partial charge in [-0.15, -0.1) is 0 Å². The van der Waals surface area contributed by atoms with Crippen molar-refractivity contribution in [2.45, 2.75) is 26.4 Å². The third-order valence-electron chi connectivity index (χ3n) is 3.74. The van der Waals surface area contributed by atoms with Crippen LogP contribution in [0.25, 0.3) is 6.08 Å². The Morgan fingerprint density at radius 2 is 1.90 bits per heavy atom. The zero-order valence-corrected chi connectivity index (χ0v) is 12.1. The van der Waals surface area contributed by atoms with E-state index in [1.54, 1.807) is 0 Å². The number of allylic oxidation sites excluding steroid dienone is 1. The van der Waals surface area contributed by atoms with Crippen molar-refractivity contribution in [3.8, 4) is 5.75 Å². The van der Waals surface area contributed by atoms with Crippen molar-refractivity contribution in [2.24, 2.45) is 0 Å². The number of Topliss-reactive ketones (excluding diaryl/α,β-unsaturated/α-hetero) is 1. The molecule has 0 saturated carbocycles. The highest BCUT2D eigenvalue weighted by atomic mass is 16.5. The van der Waals surface area contributed by atoms with Crippen molar-refractivity contribution in [3.63, 3.8) is 0 Å². The smallest absolute Gasteiger partial charge is 0.163 e. The molecule has 2 heteroatoms. The molecular formula is C19H18O2. The average molecular weight is 278 g/mol. The Morgan fingerprint density at radius 3 is 2.67 bits per heavy atom. The van der Waals surface area contributed by atoms with Gasteiger partial charge in [0.25, 0.3) is 0 Å². The summed E-state index contributed by atoms with van der Waals surface area (Å²) >= 11 is 0. The number of benzene rings is 2. The van der Waals surface area contributed by atoms with Gasteiger partial charge in [0.15, 0.2) is 5.78 Å². The fraction of sp³-hybridized carbons (Fsp3) is 0.211. The maximum atomic E-state index is 11.6. The second-order valence-corrected chi connectivity index (χ2v) is 5.27. The lowest BCUT2D eigenvalue weighted by molar-refractivity contribution is 0.0994. The first-order valence-corrected chi connectivity index (χ1v) is 7.27. The summed E-state index contributed by atoms with van der Waals surface area (Å²) in [5.74, 6) is 1.08. The molecule has 0 amide bonds. The van der Waals surface area contributed by atoms with E-state index in [0.29, 0.717) is 13.0 Å². The molecule has 0 fully saturated rings. The van der Waals surface area contributed by atoms with Crippen LogP contribution < -0.4 is 4.74 Å². The highest BCUT2D eigenvalue weighted by Gasteiger charge is 2.19. The van der Waals surface area contributed by atoms with Crippen LogP contribution >= 0.6 is 0 Å². The van der Waals surface area contributed by atoms with Gasteiger partial charge in [0.2, 0.25) is 0 Å². The first-order chi connectivity index (χ1) is 10.3. The number of hydrogen-bond acceptors (Lipinski definition) is 2. The molecule has 0 aromatic heterocycles. The van der Waals surface area contributed by atoms with Gasteiger partial charge in [-0.05, 0) is 48.2 Å². The van der Waals surface area contributed by atoms with Gasteiger partial charge < -0.3 is 4.74 Å². The lowest BCUT2D eigenvalue weighted by Crippen LogP contribution is -1.97. The minimum absolute atomic E-state index is 0.246. The molecule has 0 N–H and O–H groups in total. The van der Waals surface area contributed by atoms with Gasteiger partial charge in [-0.2, -0.15) is 0 Å². The molecule has 3 rings (SSSR count). The third-order valence-corrected chi connectivity index (χ3v) is 3.74. The van der Waals surface area contributed by atoms with Crippen LogP contribution in [-0.2, 0) is 13.0 Å². The molecule has 0 radical (unpaired) electrons. The highest BCUT2D eigenvalue weighted by Crippen LogP contribution is 2.26. The maximum absolute atomic E-state index is 11.6. The monoisotopic (exact) mass is 278 g/mol. The molecule has 2 aromatic carbocycles. The van der Waals surface area contributed by atoms with E-state index in [9.17, 15) is 4.79 Å². The quantitative estimate of drug-likeness (QED) is 0.827. The zero-order valence-electron chi connectivity index (χ0n) is 12.1. The summed E-state index contributed by atoms with van der Waals surface area (Å²) in [6.07, 6.45) is 5.56. The minimum Gasteiger partial charge on any atom is -0.489 e. The summed E-state index contributed by atoms with van der Waals surface area (Å²) in [7, 11) is 0. The predicted octanol–water partition coefficient (Wildman–Crippen LogP) is 4.43. The summed E-state index contributed by atoms with van der Waals surface area (Å²) in [4.78, 5) is 11.6. The normalized spacial score (nSPS) is 13.7. The fourth-order valence-corrected chi connectivity index (χ4v) is 2.61. The van der Waals surface area contributed by atoms with E-state index in [-0.39, 0.29) is 5.78 Å². The number of rotatable bonds is 4. The van der Waals surface area contributed by atoms with Gasteiger partial charge >= 0.3 is 0 Å². The van der Waals surface area contributed by atoms with Crippen molar-refractivity contribution in [1.82, 2.24) is 0 Å². The predicted molar refractivity (Wildman–Crippen MR) is 84.6 cm³/mol. The summed E-state index contributed by atoms with van der Waals surface area (Å²) in [6.45, 7) is 2.55. The fourth-order valence-electron chi connectivity index (χ4n) is 2.61. The Labute approximate surface area is 125 Å².